The zero-order valence-corrected chi connectivity index (χ0v) is 27.8. The molecule has 1 aliphatic carbocycles. The van der Waals surface area contributed by atoms with Gasteiger partial charge in [-0.15, -0.1) is 0 Å². The fourth-order valence-electron chi connectivity index (χ4n) is 7.99. The molecule has 0 amide bonds. The number of aromatic nitrogens is 3. The molecule has 50 heavy (non-hydrogen) atoms. The maximum atomic E-state index is 6.30. The summed E-state index contributed by atoms with van der Waals surface area (Å²) in [6.45, 7) is 12.8. The van der Waals surface area contributed by atoms with Gasteiger partial charge in [0.25, 0.3) is 0 Å². The van der Waals surface area contributed by atoms with Crippen LogP contribution >= 0.6 is 0 Å². The highest BCUT2D eigenvalue weighted by Gasteiger charge is 2.37. The molecule has 236 valence electrons. The Morgan fingerprint density at radius 2 is 1.14 bits per heavy atom. The van der Waals surface area contributed by atoms with Crippen molar-refractivity contribution in [1.82, 2.24) is 15.0 Å². The molecule has 10 rings (SSSR count). The van der Waals surface area contributed by atoms with Gasteiger partial charge in [0, 0.05) is 32.9 Å². The van der Waals surface area contributed by atoms with Crippen molar-refractivity contribution in [2.75, 3.05) is 0 Å². The highest BCUT2D eigenvalue weighted by atomic mass is 16.3. The van der Waals surface area contributed by atoms with Gasteiger partial charge in [0.2, 0.25) is 0 Å². The molecular weight excluding hydrogens is 611 g/mol. The van der Waals surface area contributed by atoms with Crippen LogP contribution in [0.1, 0.15) is 30.8 Å². The van der Waals surface area contributed by atoms with E-state index in [0.29, 0.717) is 23.0 Å². The van der Waals surface area contributed by atoms with E-state index in [9.17, 15) is 0 Å². The summed E-state index contributed by atoms with van der Waals surface area (Å²) in [6, 6.07) is 43.0. The Labute approximate surface area is 289 Å². The number of hydrogen-bond acceptors (Lipinski definition) is 4. The van der Waals surface area contributed by atoms with Gasteiger partial charge in [-0.3, -0.25) is 0 Å². The van der Waals surface area contributed by atoms with Crippen LogP contribution in [0.5, 0.6) is 0 Å². The van der Waals surface area contributed by atoms with Gasteiger partial charge in [0.1, 0.15) is 11.2 Å². The summed E-state index contributed by atoms with van der Waals surface area (Å²) in [7, 11) is 0. The first-order chi connectivity index (χ1) is 24.4. The van der Waals surface area contributed by atoms with Gasteiger partial charge in [0.05, 0.1) is 0 Å². The van der Waals surface area contributed by atoms with Crippen LogP contribution in [-0.4, -0.2) is 15.0 Å². The lowest BCUT2D eigenvalue weighted by Crippen LogP contribution is -2.15. The van der Waals surface area contributed by atoms with Crippen molar-refractivity contribution in [3.05, 3.63) is 158 Å². The molecule has 0 N–H and O–H groups in total. The Balaban J connectivity index is 1.12. The number of rotatable bonds is 5. The first-order valence-electron chi connectivity index (χ1n) is 16.9. The number of nitrogens with zero attached hydrogens (tertiary/aromatic N) is 3. The minimum atomic E-state index is -0.247. The van der Waals surface area contributed by atoms with E-state index < -0.39 is 0 Å². The van der Waals surface area contributed by atoms with Gasteiger partial charge in [-0.25, -0.2) is 15.0 Å². The lowest BCUT2D eigenvalue weighted by atomic mass is 9.80. The average molecular weight is 642 g/mol. The van der Waals surface area contributed by atoms with E-state index in [1.165, 1.54) is 60.1 Å². The second kappa shape index (κ2) is 10.3. The summed E-state index contributed by atoms with van der Waals surface area (Å²) in [6.07, 6.45) is 1.69. The van der Waals surface area contributed by atoms with Crippen molar-refractivity contribution < 1.29 is 4.42 Å². The average Bonchev–Trinajstić information content (AvgIpc) is 3.66. The Morgan fingerprint density at radius 3 is 1.82 bits per heavy atom. The Bertz CT molecular complexity index is 2860. The Morgan fingerprint density at radius 1 is 0.560 bits per heavy atom. The van der Waals surface area contributed by atoms with Crippen LogP contribution in [0.4, 0.5) is 0 Å². The monoisotopic (exact) mass is 641 g/mol. The fraction of sp³-hybridized carbons (Fsp3) is 0.0652. The van der Waals surface area contributed by atoms with Crippen LogP contribution in [0.25, 0.3) is 94.1 Å². The van der Waals surface area contributed by atoms with Crippen molar-refractivity contribution in [2.24, 2.45) is 0 Å². The SMILES string of the molecule is C=CC(=C)c1nc(-c2ccc(-c3ccccc3)cc2)nc(-c2ccc3c(c2)C(C)(C)c2cc4c(cc2-3)c2cccc3oc5cccc4c5c32)n1. The summed E-state index contributed by atoms with van der Waals surface area (Å²) in [5, 5.41) is 7.37. The molecule has 2 heterocycles. The lowest BCUT2D eigenvalue weighted by molar-refractivity contribution is 0.661. The second-order valence-electron chi connectivity index (χ2n) is 13.8. The van der Waals surface area contributed by atoms with Crippen molar-refractivity contribution in [3.8, 4) is 45.0 Å². The van der Waals surface area contributed by atoms with Gasteiger partial charge in [-0.2, -0.15) is 0 Å². The number of benzene rings is 7. The van der Waals surface area contributed by atoms with E-state index in [4.69, 9.17) is 19.4 Å². The predicted octanol–water partition coefficient (Wildman–Crippen LogP) is 12.0. The molecule has 4 nitrogen and oxygen atoms in total. The van der Waals surface area contributed by atoms with Crippen LogP contribution in [0.3, 0.4) is 0 Å². The van der Waals surface area contributed by atoms with E-state index in [-0.39, 0.29) is 5.41 Å². The molecule has 1 aliphatic rings. The summed E-state index contributed by atoms with van der Waals surface area (Å²) < 4.78 is 6.30. The van der Waals surface area contributed by atoms with E-state index in [1.807, 2.05) is 6.07 Å². The summed E-state index contributed by atoms with van der Waals surface area (Å²) >= 11 is 0. The van der Waals surface area contributed by atoms with E-state index in [1.54, 1.807) is 6.08 Å². The first-order valence-corrected chi connectivity index (χ1v) is 16.9. The topological polar surface area (TPSA) is 51.8 Å². The largest absolute Gasteiger partial charge is 0.456 e. The molecule has 4 heteroatoms. The van der Waals surface area contributed by atoms with Gasteiger partial charge in [0.15, 0.2) is 17.5 Å². The van der Waals surface area contributed by atoms with Crippen molar-refractivity contribution in [1.29, 1.82) is 0 Å². The van der Waals surface area contributed by atoms with Crippen LogP contribution in [-0.2, 0) is 5.41 Å². The fourth-order valence-corrected chi connectivity index (χ4v) is 7.99. The molecule has 0 saturated heterocycles. The second-order valence-corrected chi connectivity index (χ2v) is 13.8. The number of fused-ring (bicyclic) bond motifs is 6. The molecule has 7 aromatic carbocycles. The van der Waals surface area contributed by atoms with Crippen molar-refractivity contribution in [2.45, 2.75) is 19.3 Å². The minimum Gasteiger partial charge on any atom is -0.456 e. The molecule has 0 atom stereocenters. The molecular formula is C46H31N3O. The normalized spacial score (nSPS) is 13.3. The molecule has 0 saturated carbocycles. The summed E-state index contributed by atoms with van der Waals surface area (Å²) in [5.74, 6) is 1.73. The van der Waals surface area contributed by atoms with E-state index >= 15 is 0 Å². The summed E-state index contributed by atoms with van der Waals surface area (Å²) in [5.41, 5.74) is 11.5. The van der Waals surface area contributed by atoms with Gasteiger partial charge in [-0.05, 0) is 85.3 Å². The molecule has 9 aromatic rings. The highest BCUT2D eigenvalue weighted by Crippen LogP contribution is 2.53. The Kier molecular flexibility index (Phi) is 5.90. The third-order valence-electron chi connectivity index (χ3n) is 10.6. The minimum absolute atomic E-state index is 0.247. The Hall–Kier alpha value is -6.39. The van der Waals surface area contributed by atoms with Crippen LogP contribution in [0.15, 0.2) is 145 Å². The molecule has 0 bridgehead atoms. The zero-order valence-electron chi connectivity index (χ0n) is 27.8. The standard InChI is InChI=1S/C46H31N3O/c1-5-26(2)43-47-44(29-19-17-28(18-20-29)27-11-7-6-8-12-27)49-45(48-43)30-21-22-31-36-24-34-32-13-9-15-39-41(32)42-33(14-10-16-40(42)50-39)35(34)25-38(36)46(3,4)37(31)23-30/h5-25H,1-2H2,3-4H3. The third-order valence-corrected chi connectivity index (χ3v) is 10.6. The molecule has 2 aromatic heterocycles. The first kappa shape index (κ1) is 28.6. The van der Waals surface area contributed by atoms with Gasteiger partial charge in [-0.1, -0.05) is 124 Å². The van der Waals surface area contributed by atoms with Gasteiger partial charge < -0.3 is 4.42 Å². The molecule has 0 fully saturated rings. The quantitative estimate of drug-likeness (QED) is 0.139. The zero-order chi connectivity index (χ0) is 33.7. The van der Waals surface area contributed by atoms with Crippen LogP contribution in [0, 0.1) is 0 Å². The number of furan rings is 1. The highest BCUT2D eigenvalue weighted by molar-refractivity contribution is 6.33. The van der Waals surface area contributed by atoms with E-state index in [2.05, 4.69) is 142 Å². The smallest absolute Gasteiger partial charge is 0.164 e. The molecule has 0 spiro atoms. The van der Waals surface area contributed by atoms with Crippen molar-refractivity contribution in [3.63, 3.8) is 0 Å². The number of allylic oxidation sites excluding steroid dienone is 2. The molecule has 0 unspecified atom stereocenters. The third kappa shape index (κ3) is 4.02. The molecule has 0 aliphatic heterocycles. The lowest BCUT2D eigenvalue weighted by Gasteiger charge is -2.22. The maximum absolute atomic E-state index is 6.30. The van der Waals surface area contributed by atoms with E-state index in [0.717, 1.165) is 27.9 Å². The number of hydrogen-bond donors (Lipinski definition) is 0. The van der Waals surface area contributed by atoms with Crippen LogP contribution in [0.2, 0.25) is 0 Å². The summed E-state index contributed by atoms with van der Waals surface area (Å²) in [4.78, 5) is 14.8. The van der Waals surface area contributed by atoms with Gasteiger partial charge >= 0.3 is 0 Å². The molecule has 0 radical (unpaired) electrons. The predicted molar refractivity (Wildman–Crippen MR) is 206 cm³/mol. The van der Waals surface area contributed by atoms with Crippen LogP contribution < -0.4 is 0 Å². The maximum Gasteiger partial charge on any atom is 0.164 e. The van der Waals surface area contributed by atoms with Crippen molar-refractivity contribution >= 4 is 49.1 Å².